The van der Waals surface area contributed by atoms with Crippen LogP contribution in [0, 0.1) is 18.8 Å². The number of furan rings is 1. The van der Waals surface area contributed by atoms with E-state index in [1.807, 2.05) is 6.07 Å². The number of nitrogens with one attached hydrogen (secondary N) is 1. The van der Waals surface area contributed by atoms with Crippen LogP contribution < -0.4 is 5.32 Å². The molecule has 0 spiro atoms. The summed E-state index contributed by atoms with van der Waals surface area (Å²) in [4.78, 5) is 14.3. The second kappa shape index (κ2) is 6.22. The highest BCUT2D eigenvalue weighted by Gasteiger charge is 2.37. The molecule has 1 saturated heterocycles. The summed E-state index contributed by atoms with van der Waals surface area (Å²) in [5.74, 6) is 2.32. The van der Waals surface area contributed by atoms with Crippen LogP contribution in [0.1, 0.15) is 43.9 Å². The molecule has 2 fully saturated rings. The molecule has 0 bridgehead atoms. The van der Waals surface area contributed by atoms with Crippen LogP contribution in [0.3, 0.4) is 0 Å². The van der Waals surface area contributed by atoms with Crippen LogP contribution in [0.4, 0.5) is 0 Å². The van der Waals surface area contributed by atoms with Crippen molar-refractivity contribution in [3.05, 3.63) is 23.7 Å². The van der Waals surface area contributed by atoms with E-state index in [1.165, 1.54) is 5.56 Å². The van der Waals surface area contributed by atoms with Crippen LogP contribution in [-0.4, -0.2) is 29.9 Å². The van der Waals surface area contributed by atoms with Gasteiger partial charge in [0.25, 0.3) is 0 Å². The molecule has 2 heterocycles. The van der Waals surface area contributed by atoms with Gasteiger partial charge in [0.1, 0.15) is 5.76 Å². The predicted octanol–water partition coefficient (Wildman–Crippen LogP) is 2.71. The maximum absolute atomic E-state index is 12.2. The topological polar surface area (TPSA) is 45.5 Å². The van der Waals surface area contributed by atoms with E-state index >= 15 is 0 Å². The zero-order chi connectivity index (χ0) is 14.8. The Morgan fingerprint density at radius 2 is 2.24 bits per heavy atom. The number of aryl methyl sites for hydroxylation is 1. The summed E-state index contributed by atoms with van der Waals surface area (Å²) in [6.45, 7) is 6.91. The minimum absolute atomic E-state index is 0.345. The molecule has 1 aromatic heterocycles. The Morgan fingerprint density at radius 1 is 1.43 bits per heavy atom. The average molecular weight is 290 g/mol. The van der Waals surface area contributed by atoms with Gasteiger partial charge in [-0.1, -0.05) is 13.3 Å². The number of carbonyl (C=O) groups is 1. The third-order valence-corrected chi connectivity index (χ3v) is 4.99. The maximum atomic E-state index is 12.2. The lowest BCUT2D eigenvalue weighted by Gasteiger charge is -2.39. The normalized spacial score (nSPS) is 26.1. The van der Waals surface area contributed by atoms with Crippen molar-refractivity contribution in [2.24, 2.45) is 11.8 Å². The van der Waals surface area contributed by atoms with Crippen molar-refractivity contribution in [1.82, 2.24) is 10.2 Å². The summed E-state index contributed by atoms with van der Waals surface area (Å²) in [5, 5.41) is 3.64. The number of hydrogen-bond donors (Lipinski definition) is 1. The van der Waals surface area contributed by atoms with Crippen molar-refractivity contribution < 1.29 is 9.21 Å². The molecular weight excluding hydrogens is 264 g/mol. The monoisotopic (exact) mass is 290 g/mol. The molecule has 4 heteroatoms. The Kier molecular flexibility index (Phi) is 4.34. The summed E-state index contributed by atoms with van der Waals surface area (Å²) in [7, 11) is 0. The number of rotatable bonds is 5. The van der Waals surface area contributed by atoms with E-state index < -0.39 is 0 Å². The second-order valence-electron chi connectivity index (χ2n) is 6.53. The summed E-state index contributed by atoms with van der Waals surface area (Å²) < 4.78 is 5.50. The van der Waals surface area contributed by atoms with Crippen LogP contribution in [0.25, 0.3) is 0 Å². The molecule has 0 aromatic carbocycles. The number of amides is 1. The van der Waals surface area contributed by atoms with Gasteiger partial charge in [-0.15, -0.1) is 0 Å². The lowest BCUT2D eigenvalue weighted by atomic mass is 9.89. The smallest absolute Gasteiger partial charge is 0.225 e. The fourth-order valence-electron chi connectivity index (χ4n) is 3.31. The van der Waals surface area contributed by atoms with Gasteiger partial charge >= 0.3 is 0 Å². The molecule has 1 aliphatic heterocycles. The van der Waals surface area contributed by atoms with E-state index in [0.29, 0.717) is 23.8 Å². The van der Waals surface area contributed by atoms with Crippen LogP contribution in [-0.2, 0) is 11.3 Å². The third kappa shape index (κ3) is 3.31. The molecule has 3 rings (SSSR count). The number of hydrogen-bond acceptors (Lipinski definition) is 3. The summed E-state index contributed by atoms with van der Waals surface area (Å²) in [6, 6.07) is 2.49. The Balaban J connectivity index is 1.54. The Bertz CT molecular complexity index is 493. The molecular formula is C17H26N2O2. The predicted molar refractivity (Wildman–Crippen MR) is 81.8 cm³/mol. The van der Waals surface area contributed by atoms with Gasteiger partial charge < -0.3 is 14.6 Å². The summed E-state index contributed by atoms with van der Waals surface area (Å²) in [6.07, 6.45) is 6.12. The van der Waals surface area contributed by atoms with Gasteiger partial charge in [0.05, 0.1) is 12.8 Å². The van der Waals surface area contributed by atoms with Crippen molar-refractivity contribution in [1.29, 1.82) is 0 Å². The van der Waals surface area contributed by atoms with E-state index in [2.05, 4.69) is 24.1 Å². The van der Waals surface area contributed by atoms with Gasteiger partial charge in [0, 0.05) is 25.0 Å². The molecule has 116 valence electrons. The molecule has 21 heavy (non-hydrogen) atoms. The highest BCUT2D eigenvalue weighted by Crippen LogP contribution is 2.33. The van der Waals surface area contributed by atoms with Crippen molar-refractivity contribution in [2.45, 2.75) is 52.1 Å². The first kappa shape index (κ1) is 14.6. The first-order valence-electron chi connectivity index (χ1n) is 8.24. The van der Waals surface area contributed by atoms with E-state index in [-0.39, 0.29) is 0 Å². The highest BCUT2D eigenvalue weighted by molar-refractivity contribution is 5.81. The molecule has 2 aliphatic rings. The van der Waals surface area contributed by atoms with Crippen molar-refractivity contribution >= 4 is 5.91 Å². The lowest BCUT2D eigenvalue weighted by Crippen LogP contribution is -2.51. The SMILES string of the molecule is CC[C@@H]1CN(C(=O)C2CC2)CC[C@@H]1NCc1occc1C. The molecule has 1 amide bonds. The van der Waals surface area contributed by atoms with Crippen LogP contribution in [0.5, 0.6) is 0 Å². The molecule has 4 nitrogen and oxygen atoms in total. The van der Waals surface area contributed by atoms with Gasteiger partial charge in [-0.3, -0.25) is 4.79 Å². The van der Waals surface area contributed by atoms with Gasteiger partial charge in [0.2, 0.25) is 5.91 Å². The zero-order valence-corrected chi connectivity index (χ0v) is 13.1. The molecule has 1 saturated carbocycles. The molecule has 0 radical (unpaired) electrons. The van der Waals surface area contributed by atoms with E-state index in [0.717, 1.165) is 51.1 Å². The fraction of sp³-hybridized carbons (Fsp3) is 0.706. The van der Waals surface area contributed by atoms with E-state index in [1.54, 1.807) is 6.26 Å². The second-order valence-corrected chi connectivity index (χ2v) is 6.53. The van der Waals surface area contributed by atoms with Crippen LogP contribution in [0.15, 0.2) is 16.7 Å². The summed E-state index contributed by atoms with van der Waals surface area (Å²) >= 11 is 0. The Morgan fingerprint density at radius 3 is 2.86 bits per heavy atom. The fourth-order valence-corrected chi connectivity index (χ4v) is 3.31. The molecule has 1 aromatic rings. The molecule has 1 N–H and O–H groups in total. The lowest BCUT2D eigenvalue weighted by molar-refractivity contribution is -0.134. The van der Waals surface area contributed by atoms with E-state index in [4.69, 9.17) is 4.42 Å². The quantitative estimate of drug-likeness (QED) is 0.907. The maximum Gasteiger partial charge on any atom is 0.225 e. The molecule has 2 atom stereocenters. The van der Waals surface area contributed by atoms with Gasteiger partial charge in [-0.2, -0.15) is 0 Å². The Labute approximate surface area is 126 Å². The number of carbonyl (C=O) groups excluding carboxylic acids is 1. The number of nitrogens with zero attached hydrogens (tertiary/aromatic N) is 1. The highest BCUT2D eigenvalue weighted by atomic mass is 16.3. The largest absolute Gasteiger partial charge is 0.468 e. The van der Waals surface area contributed by atoms with Gasteiger partial charge in [-0.25, -0.2) is 0 Å². The van der Waals surface area contributed by atoms with Crippen molar-refractivity contribution in [2.75, 3.05) is 13.1 Å². The third-order valence-electron chi connectivity index (χ3n) is 4.99. The minimum Gasteiger partial charge on any atom is -0.468 e. The van der Waals surface area contributed by atoms with Gasteiger partial charge in [0.15, 0.2) is 0 Å². The van der Waals surface area contributed by atoms with Crippen LogP contribution >= 0.6 is 0 Å². The molecule has 0 unspecified atom stereocenters. The van der Waals surface area contributed by atoms with Crippen molar-refractivity contribution in [3.63, 3.8) is 0 Å². The first-order chi connectivity index (χ1) is 10.2. The first-order valence-corrected chi connectivity index (χ1v) is 8.24. The van der Waals surface area contributed by atoms with Gasteiger partial charge in [-0.05, 0) is 43.7 Å². The standard InChI is InChI=1S/C17H26N2O2/c1-3-13-11-19(17(20)14-4-5-14)8-6-15(13)18-10-16-12(2)7-9-21-16/h7,9,13-15,18H,3-6,8,10-11H2,1-2H3/t13-,15+/m1/s1. The Hall–Kier alpha value is -1.29. The average Bonchev–Trinajstić information content (AvgIpc) is 3.27. The number of likely N-dealkylation sites (tertiary alicyclic amines) is 1. The zero-order valence-electron chi connectivity index (χ0n) is 13.1. The summed E-state index contributed by atoms with van der Waals surface area (Å²) in [5.41, 5.74) is 1.21. The van der Waals surface area contributed by atoms with Crippen LogP contribution in [0.2, 0.25) is 0 Å². The minimum atomic E-state index is 0.345. The molecule has 1 aliphatic carbocycles. The number of piperidine rings is 1. The van der Waals surface area contributed by atoms with Crippen molar-refractivity contribution in [3.8, 4) is 0 Å². The van der Waals surface area contributed by atoms with E-state index in [9.17, 15) is 4.79 Å².